The number of aliphatic carboxylic acids is 1. The standard InChI is InChI=1S/C20H22O5/c1-13-10-15(20(2,3)4)11-14(12-17(21)22)18(13)25-19(23)24-16-8-6-5-7-9-16/h5-11H,12H2,1-4H3,(H,21,22). The fourth-order valence-electron chi connectivity index (χ4n) is 2.41. The second kappa shape index (κ2) is 7.38. The largest absolute Gasteiger partial charge is 0.519 e. The van der Waals surface area contributed by atoms with Gasteiger partial charge >= 0.3 is 12.1 Å². The first-order valence-corrected chi connectivity index (χ1v) is 7.97. The molecule has 0 atom stereocenters. The minimum atomic E-state index is -0.994. The van der Waals surface area contributed by atoms with Gasteiger partial charge in [0.15, 0.2) is 0 Å². The first-order valence-electron chi connectivity index (χ1n) is 7.97. The first kappa shape index (κ1) is 18.5. The van der Waals surface area contributed by atoms with Crippen LogP contribution in [0, 0.1) is 6.92 Å². The molecular weight excluding hydrogens is 320 g/mol. The molecule has 5 heteroatoms. The van der Waals surface area contributed by atoms with Crippen molar-refractivity contribution in [2.45, 2.75) is 39.5 Å². The fourth-order valence-corrected chi connectivity index (χ4v) is 2.41. The molecular formula is C20H22O5. The number of hydrogen-bond donors (Lipinski definition) is 1. The summed E-state index contributed by atoms with van der Waals surface area (Å²) < 4.78 is 10.4. The van der Waals surface area contributed by atoms with Crippen molar-refractivity contribution in [3.63, 3.8) is 0 Å². The Labute approximate surface area is 147 Å². The molecule has 132 valence electrons. The van der Waals surface area contributed by atoms with E-state index in [0.717, 1.165) is 5.56 Å². The van der Waals surface area contributed by atoms with E-state index in [1.165, 1.54) is 0 Å². The van der Waals surface area contributed by atoms with E-state index in [2.05, 4.69) is 0 Å². The van der Waals surface area contributed by atoms with Crippen molar-refractivity contribution in [3.8, 4) is 11.5 Å². The lowest BCUT2D eigenvalue weighted by molar-refractivity contribution is -0.136. The molecule has 0 bridgehead atoms. The number of carboxylic acid groups (broad SMARTS) is 1. The van der Waals surface area contributed by atoms with E-state index in [-0.39, 0.29) is 17.6 Å². The number of hydrogen-bond acceptors (Lipinski definition) is 4. The van der Waals surface area contributed by atoms with Crippen LogP contribution in [0.1, 0.15) is 37.5 Å². The Morgan fingerprint density at radius 3 is 2.24 bits per heavy atom. The van der Waals surface area contributed by atoms with Gasteiger partial charge in [-0.25, -0.2) is 4.79 Å². The Morgan fingerprint density at radius 1 is 1.04 bits per heavy atom. The molecule has 0 saturated heterocycles. The van der Waals surface area contributed by atoms with Gasteiger partial charge in [0.2, 0.25) is 0 Å². The Morgan fingerprint density at radius 2 is 1.68 bits per heavy atom. The highest BCUT2D eigenvalue weighted by Gasteiger charge is 2.21. The van der Waals surface area contributed by atoms with Gasteiger partial charge < -0.3 is 14.6 Å². The number of ether oxygens (including phenoxy) is 2. The zero-order valence-corrected chi connectivity index (χ0v) is 14.8. The quantitative estimate of drug-likeness (QED) is 0.654. The van der Waals surface area contributed by atoms with E-state index in [4.69, 9.17) is 9.47 Å². The molecule has 0 unspecified atom stereocenters. The van der Waals surface area contributed by atoms with Crippen molar-refractivity contribution in [1.82, 2.24) is 0 Å². The Hall–Kier alpha value is -2.82. The van der Waals surface area contributed by atoms with Gasteiger partial charge in [0.1, 0.15) is 11.5 Å². The highest BCUT2D eigenvalue weighted by molar-refractivity contribution is 5.74. The molecule has 0 heterocycles. The van der Waals surface area contributed by atoms with Crippen LogP contribution in [-0.4, -0.2) is 17.2 Å². The van der Waals surface area contributed by atoms with E-state index in [1.54, 1.807) is 43.3 Å². The molecule has 5 nitrogen and oxygen atoms in total. The second-order valence-corrected chi connectivity index (χ2v) is 6.87. The summed E-state index contributed by atoms with van der Waals surface area (Å²) in [6.45, 7) is 7.90. The predicted octanol–water partition coefficient (Wildman–Crippen LogP) is 4.50. The van der Waals surface area contributed by atoms with E-state index in [9.17, 15) is 14.7 Å². The first-order chi connectivity index (χ1) is 11.7. The van der Waals surface area contributed by atoms with Gasteiger partial charge in [-0.2, -0.15) is 0 Å². The molecule has 0 aliphatic carbocycles. The zero-order chi connectivity index (χ0) is 18.6. The summed E-state index contributed by atoms with van der Waals surface area (Å²) in [7, 11) is 0. The van der Waals surface area contributed by atoms with Crippen molar-refractivity contribution >= 4 is 12.1 Å². The number of carbonyl (C=O) groups is 2. The number of rotatable bonds is 4. The van der Waals surface area contributed by atoms with Gasteiger partial charge in [-0.3, -0.25) is 4.79 Å². The summed E-state index contributed by atoms with van der Waals surface area (Å²) in [6, 6.07) is 12.2. The maximum absolute atomic E-state index is 12.1. The SMILES string of the molecule is Cc1cc(C(C)(C)C)cc(CC(=O)O)c1OC(=O)Oc1ccccc1. The number of para-hydroxylation sites is 1. The molecule has 0 spiro atoms. The second-order valence-electron chi connectivity index (χ2n) is 6.87. The van der Waals surface area contributed by atoms with Gasteiger partial charge in [-0.05, 0) is 35.6 Å². The topological polar surface area (TPSA) is 72.8 Å². The van der Waals surface area contributed by atoms with E-state index in [0.29, 0.717) is 16.9 Å². The molecule has 1 N–H and O–H groups in total. The third-order valence-corrected chi connectivity index (χ3v) is 3.69. The van der Waals surface area contributed by atoms with Gasteiger partial charge in [0.25, 0.3) is 0 Å². The summed E-state index contributed by atoms with van der Waals surface area (Å²) in [4.78, 5) is 23.3. The third-order valence-electron chi connectivity index (χ3n) is 3.69. The normalized spacial score (nSPS) is 11.0. The van der Waals surface area contributed by atoms with Crippen LogP contribution in [0.5, 0.6) is 11.5 Å². The lowest BCUT2D eigenvalue weighted by Gasteiger charge is -2.22. The van der Waals surface area contributed by atoms with Crippen molar-refractivity contribution in [2.24, 2.45) is 0 Å². The highest BCUT2D eigenvalue weighted by Crippen LogP contribution is 2.32. The Balaban J connectivity index is 2.32. The van der Waals surface area contributed by atoms with Crippen LogP contribution in [0.25, 0.3) is 0 Å². The summed E-state index contributed by atoms with van der Waals surface area (Å²) in [5, 5.41) is 9.17. The summed E-state index contributed by atoms with van der Waals surface area (Å²) in [5.41, 5.74) is 1.96. The van der Waals surface area contributed by atoms with Gasteiger partial charge in [0, 0.05) is 5.56 Å². The van der Waals surface area contributed by atoms with Crippen molar-refractivity contribution in [2.75, 3.05) is 0 Å². The highest BCUT2D eigenvalue weighted by atomic mass is 16.7. The minimum absolute atomic E-state index is 0.152. The van der Waals surface area contributed by atoms with Crippen LogP contribution in [0.2, 0.25) is 0 Å². The molecule has 2 aromatic rings. The van der Waals surface area contributed by atoms with E-state index >= 15 is 0 Å². The van der Waals surface area contributed by atoms with Crippen LogP contribution in [0.15, 0.2) is 42.5 Å². The molecule has 0 aromatic heterocycles. The van der Waals surface area contributed by atoms with Crippen LogP contribution in [-0.2, 0) is 16.6 Å². The Kier molecular flexibility index (Phi) is 5.47. The summed E-state index contributed by atoms with van der Waals surface area (Å²) in [5.74, 6) is -0.403. The van der Waals surface area contributed by atoms with Crippen molar-refractivity contribution in [1.29, 1.82) is 0 Å². The third kappa shape index (κ3) is 5.08. The molecule has 0 fully saturated rings. The van der Waals surface area contributed by atoms with Crippen LogP contribution in [0.4, 0.5) is 4.79 Å². The molecule has 25 heavy (non-hydrogen) atoms. The van der Waals surface area contributed by atoms with Crippen LogP contribution < -0.4 is 9.47 Å². The van der Waals surface area contributed by atoms with E-state index < -0.39 is 12.1 Å². The molecule has 2 rings (SSSR count). The number of aryl methyl sites for hydroxylation is 1. The monoisotopic (exact) mass is 342 g/mol. The summed E-state index contributed by atoms with van der Waals surface area (Å²) in [6.07, 6.45) is -1.14. The molecule has 0 amide bonds. The Bertz CT molecular complexity index is 773. The van der Waals surface area contributed by atoms with Gasteiger partial charge in [0.05, 0.1) is 6.42 Å². The molecule has 0 aliphatic rings. The predicted molar refractivity (Wildman–Crippen MR) is 94.3 cm³/mol. The maximum Gasteiger partial charge on any atom is 0.519 e. The smallest absolute Gasteiger partial charge is 0.481 e. The number of carbonyl (C=O) groups excluding carboxylic acids is 1. The number of carboxylic acids is 1. The molecule has 0 radical (unpaired) electrons. The van der Waals surface area contributed by atoms with Crippen molar-refractivity contribution in [3.05, 3.63) is 59.2 Å². The molecule has 2 aromatic carbocycles. The summed E-state index contributed by atoms with van der Waals surface area (Å²) >= 11 is 0. The van der Waals surface area contributed by atoms with Crippen LogP contribution >= 0.6 is 0 Å². The average Bonchev–Trinajstić information content (AvgIpc) is 2.50. The van der Waals surface area contributed by atoms with Crippen LogP contribution in [0.3, 0.4) is 0 Å². The minimum Gasteiger partial charge on any atom is -0.481 e. The fraction of sp³-hybridized carbons (Fsp3) is 0.300. The lowest BCUT2D eigenvalue weighted by atomic mass is 9.84. The van der Waals surface area contributed by atoms with Gasteiger partial charge in [-0.1, -0.05) is 51.1 Å². The van der Waals surface area contributed by atoms with Crippen molar-refractivity contribution < 1.29 is 24.2 Å². The zero-order valence-electron chi connectivity index (χ0n) is 14.8. The number of benzene rings is 2. The lowest BCUT2D eigenvalue weighted by Crippen LogP contribution is -2.18. The maximum atomic E-state index is 12.1. The van der Waals surface area contributed by atoms with Gasteiger partial charge in [-0.15, -0.1) is 0 Å². The molecule has 0 aliphatic heterocycles. The van der Waals surface area contributed by atoms with E-state index in [1.807, 2.05) is 26.8 Å². The molecule has 0 saturated carbocycles. The average molecular weight is 342 g/mol.